The van der Waals surface area contributed by atoms with Crippen LogP contribution in [-0.2, 0) is 0 Å². The van der Waals surface area contributed by atoms with Crippen LogP contribution < -0.4 is 5.32 Å². The number of aromatic carboxylic acids is 1. The molecule has 3 rings (SSSR count). The normalized spacial score (nSPS) is 10.2. The molecular formula is C18H13N3O3. The van der Waals surface area contributed by atoms with Crippen LogP contribution in [0, 0.1) is 0 Å². The third-order valence-corrected chi connectivity index (χ3v) is 3.41. The minimum absolute atomic E-state index is 0.0429. The molecule has 0 atom stereocenters. The molecular weight excluding hydrogens is 306 g/mol. The van der Waals surface area contributed by atoms with E-state index in [1.165, 1.54) is 12.3 Å². The lowest BCUT2D eigenvalue weighted by Gasteiger charge is -2.13. The number of rotatable bonds is 4. The van der Waals surface area contributed by atoms with Gasteiger partial charge in [-0.05, 0) is 36.4 Å². The lowest BCUT2D eigenvalue weighted by molar-refractivity contribution is 0.0697. The second-order valence-corrected chi connectivity index (χ2v) is 4.96. The van der Waals surface area contributed by atoms with Crippen molar-refractivity contribution in [3.8, 4) is 11.3 Å². The van der Waals surface area contributed by atoms with E-state index in [0.717, 1.165) is 0 Å². The summed E-state index contributed by atoms with van der Waals surface area (Å²) in [4.78, 5) is 23.9. The van der Waals surface area contributed by atoms with Crippen molar-refractivity contribution in [2.45, 2.75) is 0 Å². The fourth-order valence-corrected chi connectivity index (χ4v) is 2.33. The van der Waals surface area contributed by atoms with Crippen LogP contribution >= 0.6 is 0 Å². The molecule has 0 aliphatic rings. The number of hydrogen-bond acceptors (Lipinski definition) is 4. The summed E-state index contributed by atoms with van der Waals surface area (Å²) in [6, 6.07) is 16.7. The minimum atomic E-state index is -1.11. The molecule has 1 aromatic heterocycles. The molecule has 0 aliphatic heterocycles. The predicted molar refractivity (Wildman–Crippen MR) is 88.8 cm³/mol. The number of anilines is 1. The zero-order valence-electron chi connectivity index (χ0n) is 12.5. The Morgan fingerprint density at radius 3 is 2.38 bits per heavy atom. The molecule has 0 saturated carbocycles. The predicted octanol–water partition coefficient (Wildman–Crippen LogP) is 3.09. The van der Waals surface area contributed by atoms with E-state index >= 15 is 0 Å². The van der Waals surface area contributed by atoms with Gasteiger partial charge in [0.15, 0.2) is 0 Å². The molecule has 2 N–H and O–H groups in total. The monoisotopic (exact) mass is 319 g/mol. The third kappa shape index (κ3) is 3.12. The molecule has 3 aromatic rings. The Morgan fingerprint density at radius 2 is 1.71 bits per heavy atom. The van der Waals surface area contributed by atoms with E-state index in [9.17, 15) is 14.7 Å². The number of carbonyl (C=O) groups is 2. The first-order valence-corrected chi connectivity index (χ1v) is 7.17. The molecule has 6 nitrogen and oxygen atoms in total. The molecule has 0 unspecified atom stereocenters. The number of carbonyl (C=O) groups excluding carboxylic acids is 1. The van der Waals surface area contributed by atoms with Crippen molar-refractivity contribution in [3.05, 3.63) is 78.0 Å². The van der Waals surface area contributed by atoms with Crippen LogP contribution in [0.3, 0.4) is 0 Å². The summed E-state index contributed by atoms with van der Waals surface area (Å²) in [7, 11) is 0. The maximum Gasteiger partial charge on any atom is 0.336 e. The average molecular weight is 319 g/mol. The Labute approximate surface area is 137 Å². The van der Waals surface area contributed by atoms with Crippen LogP contribution in [-0.4, -0.2) is 27.2 Å². The highest BCUT2D eigenvalue weighted by atomic mass is 16.4. The Morgan fingerprint density at radius 1 is 0.917 bits per heavy atom. The molecule has 0 radical (unpaired) electrons. The highest BCUT2D eigenvalue weighted by Crippen LogP contribution is 2.30. The van der Waals surface area contributed by atoms with Gasteiger partial charge >= 0.3 is 5.97 Å². The Hall–Kier alpha value is -3.54. The average Bonchev–Trinajstić information content (AvgIpc) is 2.63. The first-order valence-electron chi connectivity index (χ1n) is 7.17. The van der Waals surface area contributed by atoms with E-state index < -0.39 is 5.97 Å². The zero-order chi connectivity index (χ0) is 16.9. The molecule has 1 amide bonds. The molecule has 0 bridgehead atoms. The third-order valence-electron chi connectivity index (χ3n) is 3.41. The standard InChI is InChI=1S/C18H13N3O3/c22-17(12-6-2-1-3-7-12)20-14-9-4-8-13(18(23)24)16(14)15-10-5-11-19-21-15/h1-11H,(H,20,22)(H,23,24). The molecule has 6 heteroatoms. The number of carboxylic acids is 1. The summed E-state index contributed by atoms with van der Waals surface area (Å²) in [6.45, 7) is 0. The van der Waals surface area contributed by atoms with Crippen molar-refractivity contribution < 1.29 is 14.7 Å². The maximum absolute atomic E-state index is 12.4. The fourth-order valence-electron chi connectivity index (χ4n) is 2.33. The smallest absolute Gasteiger partial charge is 0.336 e. The molecule has 118 valence electrons. The van der Waals surface area contributed by atoms with Gasteiger partial charge < -0.3 is 10.4 Å². The number of benzene rings is 2. The van der Waals surface area contributed by atoms with Gasteiger partial charge in [-0.2, -0.15) is 10.2 Å². The van der Waals surface area contributed by atoms with Crippen molar-refractivity contribution in [3.63, 3.8) is 0 Å². The molecule has 0 aliphatic carbocycles. The maximum atomic E-state index is 12.4. The van der Waals surface area contributed by atoms with Gasteiger partial charge in [0.1, 0.15) is 0 Å². The molecule has 0 saturated heterocycles. The quantitative estimate of drug-likeness (QED) is 0.771. The van der Waals surface area contributed by atoms with Crippen molar-refractivity contribution >= 4 is 17.6 Å². The summed E-state index contributed by atoms with van der Waals surface area (Å²) < 4.78 is 0. The van der Waals surface area contributed by atoms with E-state index in [0.29, 0.717) is 22.5 Å². The second-order valence-electron chi connectivity index (χ2n) is 4.96. The van der Waals surface area contributed by atoms with Crippen LogP contribution in [0.4, 0.5) is 5.69 Å². The molecule has 0 fully saturated rings. The van der Waals surface area contributed by atoms with E-state index in [-0.39, 0.29) is 11.5 Å². The van der Waals surface area contributed by atoms with Crippen LogP contribution in [0.2, 0.25) is 0 Å². The van der Waals surface area contributed by atoms with Crippen molar-refractivity contribution in [1.29, 1.82) is 0 Å². The largest absolute Gasteiger partial charge is 0.478 e. The summed E-state index contributed by atoms with van der Waals surface area (Å²) in [5.74, 6) is -1.44. The van der Waals surface area contributed by atoms with Crippen LogP contribution in [0.25, 0.3) is 11.3 Å². The Balaban J connectivity index is 2.06. The van der Waals surface area contributed by atoms with Gasteiger partial charge in [-0.25, -0.2) is 4.79 Å². The summed E-state index contributed by atoms with van der Waals surface area (Å²) in [5.41, 5.74) is 1.58. The lowest BCUT2D eigenvalue weighted by Crippen LogP contribution is -2.14. The summed E-state index contributed by atoms with van der Waals surface area (Å²) in [6.07, 6.45) is 1.50. The molecule has 24 heavy (non-hydrogen) atoms. The second kappa shape index (κ2) is 6.70. The van der Waals surface area contributed by atoms with Gasteiger partial charge in [-0.1, -0.05) is 24.3 Å². The summed E-state index contributed by atoms with van der Waals surface area (Å²) in [5, 5.41) is 19.9. The van der Waals surface area contributed by atoms with Gasteiger partial charge in [-0.3, -0.25) is 4.79 Å². The Bertz CT molecular complexity index is 881. The molecule has 0 spiro atoms. The molecule has 2 aromatic carbocycles. The van der Waals surface area contributed by atoms with Gasteiger partial charge in [0.05, 0.1) is 16.9 Å². The van der Waals surface area contributed by atoms with Crippen LogP contribution in [0.15, 0.2) is 66.9 Å². The van der Waals surface area contributed by atoms with E-state index in [2.05, 4.69) is 15.5 Å². The van der Waals surface area contributed by atoms with Crippen molar-refractivity contribution in [2.75, 3.05) is 5.32 Å². The lowest BCUT2D eigenvalue weighted by atomic mass is 10.0. The number of carboxylic acid groups (broad SMARTS) is 1. The number of aromatic nitrogens is 2. The SMILES string of the molecule is O=C(Nc1cccc(C(=O)O)c1-c1cccnn1)c1ccccc1. The van der Waals surface area contributed by atoms with Gasteiger partial charge in [-0.15, -0.1) is 0 Å². The number of nitrogens with one attached hydrogen (secondary N) is 1. The zero-order valence-corrected chi connectivity index (χ0v) is 12.5. The van der Waals surface area contributed by atoms with Gasteiger partial charge in [0, 0.05) is 17.3 Å². The molecule has 1 heterocycles. The van der Waals surface area contributed by atoms with E-state index in [1.54, 1.807) is 48.5 Å². The van der Waals surface area contributed by atoms with E-state index in [1.807, 2.05) is 6.07 Å². The highest BCUT2D eigenvalue weighted by Gasteiger charge is 2.18. The topological polar surface area (TPSA) is 92.2 Å². The minimum Gasteiger partial charge on any atom is -0.478 e. The first kappa shape index (κ1) is 15.4. The number of hydrogen-bond donors (Lipinski definition) is 2. The van der Waals surface area contributed by atoms with Crippen molar-refractivity contribution in [2.24, 2.45) is 0 Å². The van der Waals surface area contributed by atoms with Crippen molar-refractivity contribution in [1.82, 2.24) is 10.2 Å². The van der Waals surface area contributed by atoms with Crippen LogP contribution in [0.5, 0.6) is 0 Å². The van der Waals surface area contributed by atoms with Crippen LogP contribution in [0.1, 0.15) is 20.7 Å². The highest BCUT2D eigenvalue weighted by molar-refractivity contribution is 6.08. The number of nitrogens with zero attached hydrogens (tertiary/aromatic N) is 2. The van der Waals surface area contributed by atoms with Gasteiger partial charge in [0.25, 0.3) is 5.91 Å². The fraction of sp³-hybridized carbons (Fsp3) is 0. The van der Waals surface area contributed by atoms with Gasteiger partial charge in [0.2, 0.25) is 0 Å². The summed E-state index contributed by atoms with van der Waals surface area (Å²) >= 11 is 0. The number of amides is 1. The van der Waals surface area contributed by atoms with E-state index in [4.69, 9.17) is 0 Å². The Kier molecular flexibility index (Phi) is 4.29. The first-order chi connectivity index (χ1) is 11.7.